The lowest BCUT2D eigenvalue weighted by Gasteiger charge is -2.13. The van der Waals surface area contributed by atoms with Crippen LogP contribution in [0.15, 0.2) is 24.3 Å². The van der Waals surface area contributed by atoms with Gasteiger partial charge in [-0.3, -0.25) is 9.89 Å². The molecule has 6 nitrogen and oxygen atoms in total. The molecule has 23 heavy (non-hydrogen) atoms. The molecule has 0 fully saturated rings. The molecule has 0 aliphatic carbocycles. The van der Waals surface area contributed by atoms with Crippen LogP contribution in [0.5, 0.6) is 5.75 Å². The predicted molar refractivity (Wildman–Crippen MR) is 90.3 cm³/mol. The van der Waals surface area contributed by atoms with Crippen molar-refractivity contribution in [1.29, 1.82) is 0 Å². The molecule has 0 unspecified atom stereocenters. The monoisotopic (exact) mass is 336 g/mol. The Morgan fingerprint density at radius 2 is 2.30 bits per heavy atom. The number of aromatic nitrogens is 2. The van der Waals surface area contributed by atoms with E-state index in [1.54, 1.807) is 0 Å². The highest BCUT2D eigenvalue weighted by molar-refractivity contribution is 5.94. The number of halogens is 1. The normalized spacial score (nSPS) is 12.9. The van der Waals surface area contributed by atoms with Gasteiger partial charge in [0.15, 0.2) is 5.69 Å². The highest BCUT2D eigenvalue weighted by Gasteiger charge is 2.21. The minimum absolute atomic E-state index is 0. The standard InChI is InChI=1S/C16H20N4O2.ClH/c1-11-3-2-4-12(9-11)22-8-7-18-16(21)15-13-10-17-6-5-14(13)19-20-15;/h2-4,9,17H,5-8,10H2,1H3,(H,18,21)(H,19,20);1H. The molecule has 1 aliphatic rings. The summed E-state index contributed by atoms with van der Waals surface area (Å²) in [5.74, 6) is 0.657. The van der Waals surface area contributed by atoms with E-state index in [1.807, 2.05) is 31.2 Å². The van der Waals surface area contributed by atoms with E-state index in [9.17, 15) is 4.79 Å². The largest absolute Gasteiger partial charge is 0.492 e. The molecule has 2 aromatic rings. The van der Waals surface area contributed by atoms with Crippen LogP contribution >= 0.6 is 12.4 Å². The fraction of sp³-hybridized carbons (Fsp3) is 0.375. The van der Waals surface area contributed by atoms with E-state index in [2.05, 4.69) is 20.8 Å². The quantitative estimate of drug-likeness (QED) is 0.725. The first-order valence-electron chi connectivity index (χ1n) is 7.48. The molecule has 0 radical (unpaired) electrons. The van der Waals surface area contributed by atoms with Crippen LogP contribution in [0.25, 0.3) is 0 Å². The molecule has 124 valence electrons. The molecule has 0 saturated carbocycles. The van der Waals surface area contributed by atoms with Crippen LogP contribution in [0.2, 0.25) is 0 Å². The van der Waals surface area contributed by atoms with Gasteiger partial charge in [-0.2, -0.15) is 5.10 Å². The van der Waals surface area contributed by atoms with Crippen molar-refractivity contribution < 1.29 is 9.53 Å². The van der Waals surface area contributed by atoms with Gasteiger partial charge >= 0.3 is 0 Å². The number of aryl methyl sites for hydroxylation is 1. The van der Waals surface area contributed by atoms with Crippen LogP contribution in [0.3, 0.4) is 0 Å². The van der Waals surface area contributed by atoms with Crippen LogP contribution in [-0.2, 0) is 13.0 Å². The van der Waals surface area contributed by atoms with E-state index in [4.69, 9.17) is 4.74 Å². The van der Waals surface area contributed by atoms with Crippen molar-refractivity contribution in [2.75, 3.05) is 19.7 Å². The second kappa shape index (κ2) is 7.99. The van der Waals surface area contributed by atoms with Gasteiger partial charge in [0.2, 0.25) is 0 Å². The van der Waals surface area contributed by atoms with Crippen molar-refractivity contribution in [3.05, 3.63) is 46.8 Å². The summed E-state index contributed by atoms with van der Waals surface area (Å²) in [6, 6.07) is 7.85. The number of carbonyl (C=O) groups is 1. The number of carbonyl (C=O) groups excluding carboxylic acids is 1. The number of hydrogen-bond acceptors (Lipinski definition) is 4. The molecule has 1 amide bonds. The fourth-order valence-corrected chi connectivity index (χ4v) is 2.54. The van der Waals surface area contributed by atoms with Crippen LogP contribution < -0.4 is 15.4 Å². The number of nitrogens with zero attached hydrogens (tertiary/aromatic N) is 1. The maximum atomic E-state index is 12.2. The van der Waals surface area contributed by atoms with Crippen LogP contribution in [0.4, 0.5) is 0 Å². The van der Waals surface area contributed by atoms with Gasteiger partial charge < -0.3 is 15.4 Å². The maximum absolute atomic E-state index is 12.2. The third-order valence-corrected chi connectivity index (χ3v) is 3.67. The van der Waals surface area contributed by atoms with Crippen molar-refractivity contribution >= 4 is 18.3 Å². The van der Waals surface area contributed by atoms with Gasteiger partial charge in [0.1, 0.15) is 12.4 Å². The summed E-state index contributed by atoms with van der Waals surface area (Å²) in [4.78, 5) is 12.2. The third kappa shape index (κ3) is 4.24. The second-order valence-corrected chi connectivity index (χ2v) is 5.38. The number of ether oxygens (including phenoxy) is 1. The van der Waals surface area contributed by atoms with Crippen LogP contribution in [0, 0.1) is 6.92 Å². The fourth-order valence-electron chi connectivity index (χ4n) is 2.54. The Hall–Kier alpha value is -2.05. The SMILES string of the molecule is Cc1cccc(OCCNC(=O)c2n[nH]c3c2CNCC3)c1.Cl. The Labute approximate surface area is 141 Å². The highest BCUT2D eigenvalue weighted by Crippen LogP contribution is 2.15. The molecule has 3 rings (SSSR count). The first-order valence-corrected chi connectivity index (χ1v) is 7.48. The smallest absolute Gasteiger partial charge is 0.272 e. The zero-order valence-electron chi connectivity index (χ0n) is 13.0. The Balaban J connectivity index is 0.00000192. The van der Waals surface area contributed by atoms with Gasteiger partial charge in [0, 0.05) is 30.8 Å². The minimum atomic E-state index is -0.158. The zero-order chi connectivity index (χ0) is 15.4. The molecule has 1 aromatic carbocycles. The highest BCUT2D eigenvalue weighted by atomic mass is 35.5. The summed E-state index contributed by atoms with van der Waals surface area (Å²) in [6.07, 6.45) is 0.881. The molecular formula is C16H21ClN4O2. The van der Waals surface area contributed by atoms with Crippen molar-refractivity contribution in [2.24, 2.45) is 0 Å². The molecule has 7 heteroatoms. The summed E-state index contributed by atoms with van der Waals surface area (Å²) in [5.41, 5.74) is 3.67. The van der Waals surface area contributed by atoms with E-state index < -0.39 is 0 Å². The number of amides is 1. The lowest BCUT2D eigenvalue weighted by Crippen LogP contribution is -2.31. The Kier molecular flexibility index (Phi) is 6.01. The van der Waals surface area contributed by atoms with Crippen molar-refractivity contribution in [1.82, 2.24) is 20.8 Å². The van der Waals surface area contributed by atoms with E-state index in [0.717, 1.165) is 35.5 Å². The van der Waals surface area contributed by atoms with E-state index in [0.29, 0.717) is 25.4 Å². The van der Waals surface area contributed by atoms with Crippen LogP contribution in [0.1, 0.15) is 27.3 Å². The number of benzene rings is 1. The van der Waals surface area contributed by atoms with Crippen LogP contribution in [-0.4, -0.2) is 35.8 Å². The summed E-state index contributed by atoms with van der Waals surface area (Å²) < 4.78 is 5.61. The molecule has 3 N–H and O–H groups in total. The Morgan fingerprint density at radius 3 is 3.13 bits per heavy atom. The molecule has 0 saturated heterocycles. The van der Waals surface area contributed by atoms with Crippen molar-refractivity contribution in [3.8, 4) is 5.75 Å². The number of fused-ring (bicyclic) bond motifs is 1. The summed E-state index contributed by atoms with van der Waals surface area (Å²) in [7, 11) is 0. The molecule has 1 aromatic heterocycles. The molecule has 0 spiro atoms. The van der Waals surface area contributed by atoms with Crippen molar-refractivity contribution in [3.63, 3.8) is 0 Å². The summed E-state index contributed by atoms with van der Waals surface area (Å²) in [5, 5.41) is 13.2. The van der Waals surface area contributed by atoms with E-state index in [-0.39, 0.29) is 18.3 Å². The lowest BCUT2D eigenvalue weighted by atomic mass is 10.1. The summed E-state index contributed by atoms with van der Waals surface area (Å²) >= 11 is 0. The van der Waals surface area contributed by atoms with Crippen molar-refractivity contribution in [2.45, 2.75) is 19.9 Å². The Bertz CT molecular complexity index is 672. The number of nitrogens with one attached hydrogen (secondary N) is 3. The van der Waals surface area contributed by atoms with Gasteiger partial charge in [-0.05, 0) is 24.6 Å². The number of hydrogen-bond donors (Lipinski definition) is 3. The average molecular weight is 337 g/mol. The maximum Gasteiger partial charge on any atom is 0.272 e. The summed E-state index contributed by atoms with van der Waals surface area (Å²) in [6.45, 7) is 4.50. The van der Waals surface area contributed by atoms with E-state index >= 15 is 0 Å². The van der Waals surface area contributed by atoms with Gasteiger partial charge in [0.05, 0.1) is 6.54 Å². The lowest BCUT2D eigenvalue weighted by molar-refractivity contribution is 0.0941. The average Bonchev–Trinajstić information content (AvgIpc) is 2.95. The van der Waals surface area contributed by atoms with Gasteiger partial charge in [-0.25, -0.2) is 0 Å². The molecule has 0 bridgehead atoms. The van der Waals surface area contributed by atoms with E-state index in [1.165, 1.54) is 0 Å². The first-order chi connectivity index (χ1) is 10.7. The van der Waals surface area contributed by atoms with Gasteiger partial charge in [-0.1, -0.05) is 12.1 Å². The predicted octanol–water partition coefficient (Wildman–Crippen LogP) is 1.59. The number of H-pyrrole nitrogens is 1. The molecule has 2 heterocycles. The number of rotatable bonds is 5. The molecule has 0 atom stereocenters. The third-order valence-electron chi connectivity index (χ3n) is 3.67. The van der Waals surface area contributed by atoms with Gasteiger partial charge in [-0.15, -0.1) is 12.4 Å². The topological polar surface area (TPSA) is 79.0 Å². The number of aromatic amines is 1. The van der Waals surface area contributed by atoms with Gasteiger partial charge in [0.25, 0.3) is 5.91 Å². The minimum Gasteiger partial charge on any atom is -0.492 e. The zero-order valence-corrected chi connectivity index (χ0v) is 13.8. The molecular weight excluding hydrogens is 316 g/mol. The Morgan fingerprint density at radius 1 is 1.43 bits per heavy atom. The first kappa shape index (κ1) is 17.3. The second-order valence-electron chi connectivity index (χ2n) is 5.38. The molecule has 1 aliphatic heterocycles.